The number of rotatable bonds is 10. The summed E-state index contributed by atoms with van der Waals surface area (Å²) in [6.07, 6.45) is 2.51. The number of nitrogens with zero attached hydrogens (tertiary/aromatic N) is 2. The second-order valence-electron chi connectivity index (χ2n) is 7.51. The Morgan fingerprint density at radius 2 is 1.87 bits per heavy atom. The molecule has 9 heteroatoms. The number of nitrogens with one attached hydrogen (secondary N) is 1. The van der Waals surface area contributed by atoms with Crippen LogP contribution in [-0.2, 0) is 14.8 Å². The van der Waals surface area contributed by atoms with Crippen molar-refractivity contribution in [1.29, 1.82) is 0 Å². The minimum absolute atomic E-state index is 0.293. The summed E-state index contributed by atoms with van der Waals surface area (Å²) in [4.78, 5) is 12.4. The van der Waals surface area contributed by atoms with Crippen LogP contribution in [0.1, 0.15) is 25.0 Å². The van der Waals surface area contributed by atoms with Gasteiger partial charge in [-0.1, -0.05) is 19.9 Å². The van der Waals surface area contributed by atoms with E-state index in [2.05, 4.69) is 24.4 Å². The van der Waals surface area contributed by atoms with E-state index < -0.39 is 22.5 Å². The van der Waals surface area contributed by atoms with Crippen molar-refractivity contribution in [2.75, 3.05) is 30.8 Å². The molecule has 1 N–H and O–H groups in total. The normalized spacial score (nSPS) is 11.5. The molecule has 0 unspecified atom stereocenters. The molecule has 1 amide bonds. The van der Waals surface area contributed by atoms with Gasteiger partial charge in [-0.2, -0.15) is 5.10 Å². The lowest BCUT2D eigenvalue weighted by Crippen LogP contribution is -2.39. The van der Waals surface area contributed by atoms with Gasteiger partial charge in [-0.25, -0.2) is 13.8 Å². The quantitative estimate of drug-likeness (QED) is 0.446. The number of hydrogen-bond acceptors (Lipinski definition) is 6. The molecule has 0 saturated heterocycles. The second kappa shape index (κ2) is 10.8. The summed E-state index contributed by atoms with van der Waals surface area (Å²) in [7, 11) is -2.29. The molecule has 0 atom stereocenters. The molecule has 31 heavy (non-hydrogen) atoms. The number of sulfonamides is 1. The molecule has 0 radical (unpaired) electrons. The van der Waals surface area contributed by atoms with Crippen molar-refractivity contribution in [2.24, 2.45) is 11.0 Å². The molecule has 0 aliphatic carbocycles. The van der Waals surface area contributed by atoms with Crippen LogP contribution in [0.25, 0.3) is 0 Å². The number of anilines is 1. The zero-order chi connectivity index (χ0) is 23.0. The average Bonchev–Trinajstić information content (AvgIpc) is 2.70. The largest absolute Gasteiger partial charge is 0.495 e. The average molecular weight is 448 g/mol. The second-order valence-corrected chi connectivity index (χ2v) is 9.42. The van der Waals surface area contributed by atoms with Crippen LogP contribution in [-0.4, -0.2) is 47.1 Å². The maximum atomic E-state index is 12.4. The Morgan fingerprint density at radius 1 is 1.19 bits per heavy atom. The van der Waals surface area contributed by atoms with Gasteiger partial charge < -0.3 is 9.47 Å². The Bertz CT molecular complexity index is 1020. The molecule has 0 aromatic heterocycles. The maximum Gasteiger partial charge on any atom is 0.260 e. The zero-order valence-electron chi connectivity index (χ0n) is 18.5. The third-order valence-electron chi connectivity index (χ3n) is 4.16. The monoisotopic (exact) mass is 447 g/mol. The first-order valence-corrected chi connectivity index (χ1v) is 11.6. The molecule has 2 rings (SSSR count). The van der Waals surface area contributed by atoms with E-state index in [0.29, 0.717) is 24.0 Å². The van der Waals surface area contributed by atoms with Gasteiger partial charge in [0, 0.05) is 0 Å². The van der Waals surface area contributed by atoms with Gasteiger partial charge in [-0.05, 0) is 60.4 Å². The van der Waals surface area contributed by atoms with Crippen LogP contribution in [0.3, 0.4) is 0 Å². The molecule has 2 aromatic rings. The Balaban J connectivity index is 2.05. The number of amides is 1. The summed E-state index contributed by atoms with van der Waals surface area (Å²) in [5.41, 5.74) is 4.25. The number of benzene rings is 2. The van der Waals surface area contributed by atoms with E-state index in [9.17, 15) is 13.2 Å². The molecule has 0 heterocycles. The van der Waals surface area contributed by atoms with Crippen LogP contribution < -0.4 is 19.2 Å². The summed E-state index contributed by atoms with van der Waals surface area (Å²) in [5.74, 6) is 0.961. The smallest absolute Gasteiger partial charge is 0.260 e. The van der Waals surface area contributed by atoms with E-state index in [1.54, 1.807) is 18.2 Å². The highest BCUT2D eigenvalue weighted by molar-refractivity contribution is 7.92. The SMILES string of the molecule is COc1ccc(C)cc1N(CC(=O)N/N=C\c1ccc(OCC(C)C)cc1)S(C)(=O)=O. The third kappa shape index (κ3) is 7.60. The number of methoxy groups -OCH3 is 1. The Morgan fingerprint density at radius 3 is 2.45 bits per heavy atom. The number of ether oxygens (including phenoxy) is 2. The number of hydrazone groups is 1. The van der Waals surface area contributed by atoms with Crippen LogP contribution in [0.5, 0.6) is 11.5 Å². The first kappa shape index (κ1) is 24.2. The van der Waals surface area contributed by atoms with Crippen molar-refractivity contribution in [3.63, 3.8) is 0 Å². The van der Waals surface area contributed by atoms with Crippen LogP contribution >= 0.6 is 0 Å². The molecule has 168 valence electrons. The molecule has 0 bridgehead atoms. The Labute approximate surface area is 183 Å². The van der Waals surface area contributed by atoms with Crippen molar-refractivity contribution in [2.45, 2.75) is 20.8 Å². The minimum atomic E-state index is -3.73. The molecule has 0 aliphatic rings. The van der Waals surface area contributed by atoms with Gasteiger partial charge in [-0.3, -0.25) is 9.10 Å². The van der Waals surface area contributed by atoms with E-state index in [1.165, 1.54) is 13.3 Å². The van der Waals surface area contributed by atoms with Crippen LogP contribution in [0.2, 0.25) is 0 Å². The molecule has 2 aromatic carbocycles. The summed E-state index contributed by atoms with van der Waals surface area (Å²) in [6.45, 7) is 6.17. The summed E-state index contributed by atoms with van der Waals surface area (Å²) >= 11 is 0. The number of carbonyl (C=O) groups is 1. The summed E-state index contributed by atoms with van der Waals surface area (Å²) < 4.78 is 36.5. The predicted molar refractivity (Wildman–Crippen MR) is 122 cm³/mol. The molecular weight excluding hydrogens is 418 g/mol. The number of hydrogen-bond donors (Lipinski definition) is 1. The van der Waals surface area contributed by atoms with Crippen LogP contribution in [0.4, 0.5) is 5.69 Å². The van der Waals surface area contributed by atoms with Gasteiger partial charge in [0.2, 0.25) is 10.0 Å². The predicted octanol–water partition coefficient (Wildman–Crippen LogP) is 2.95. The molecule has 0 saturated carbocycles. The lowest BCUT2D eigenvalue weighted by atomic mass is 10.2. The standard InChI is InChI=1S/C22H29N3O5S/c1-16(2)15-30-19-9-7-18(8-10-19)13-23-24-22(26)14-25(31(5,27)28)20-12-17(3)6-11-21(20)29-4/h6-13,16H,14-15H2,1-5H3,(H,24,26)/b23-13-. The molecule has 0 fully saturated rings. The minimum Gasteiger partial charge on any atom is -0.495 e. The summed E-state index contributed by atoms with van der Waals surface area (Å²) in [6, 6.07) is 12.4. The zero-order valence-corrected chi connectivity index (χ0v) is 19.3. The van der Waals surface area contributed by atoms with E-state index in [4.69, 9.17) is 9.47 Å². The number of carbonyl (C=O) groups excluding carboxylic acids is 1. The van der Waals surface area contributed by atoms with E-state index in [1.807, 2.05) is 31.2 Å². The highest BCUT2D eigenvalue weighted by atomic mass is 32.2. The maximum absolute atomic E-state index is 12.4. The van der Waals surface area contributed by atoms with Crippen molar-refractivity contribution < 1.29 is 22.7 Å². The first-order valence-electron chi connectivity index (χ1n) is 9.77. The lowest BCUT2D eigenvalue weighted by Gasteiger charge is -2.23. The van der Waals surface area contributed by atoms with Gasteiger partial charge in [0.05, 0.1) is 31.9 Å². The van der Waals surface area contributed by atoms with Gasteiger partial charge >= 0.3 is 0 Å². The fraction of sp³-hybridized carbons (Fsp3) is 0.364. The highest BCUT2D eigenvalue weighted by Gasteiger charge is 2.24. The number of aryl methyl sites for hydroxylation is 1. The van der Waals surface area contributed by atoms with E-state index in [0.717, 1.165) is 27.4 Å². The van der Waals surface area contributed by atoms with Gasteiger partial charge in [0.1, 0.15) is 18.0 Å². The first-order chi connectivity index (χ1) is 14.6. The fourth-order valence-electron chi connectivity index (χ4n) is 2.63. The third-order valence-corrected chi connectivity index (χ3v) is 5.28. The molecule has 0 aliphatic heterocycles. The van der Waals surface area contributed by atoms with Gasteiger partial charge in [-0.15, -0.1) is 0 Å². The summed E-state index contributed by atoms with van der Waals surface area (Å²) in [5, 5.41) is 3.92. The molecule has 0 spiro atoms. The lowest BCUT2D eigenvalue weighted by molar-refractivity contribution is -0.119. The fourth-order valence-corrected chi connectivity index (χ4v) is 3.49. The topological polar surface area (TPSA) is 97.3 Å². The van der Waals surface area contributed by atoms with E-state index >= 15 is 0 Å². The molecular formula is C22H29N3O5S. The Hall–Kier alpha value is -3.07. The van der Waals surface area contributed by atoms with Crippen molar-refractivity contribution in [1.82, 2.24) is 5.43 Å². The van der Waals surface area contributed by atoms with Gasteiger partial charge in [0.25, 0.3) is 5.91 Å². The van der Waals surface area contributed by atoms with Gasteiger partial charge in [0.15, 0.2) is 0 Å². The van der Waals surface area contributed by atoms with Crippen molar-refractivity contribution in [3.05, 3.63) is 53.6 Å². The van der Waals surface area contributed by atoms with Crippen LogP contribution in [0.15, 0.2) is 47.6 Å². The van der Waals surface area contributed by atoms with Crippen molar-refractivity contribution in [3.8, 4) is 11.5 Å². The van der Waals surface area contributed by atoms with Crippen molar-refractivity contribution >= 4 is 27.8 Å². The highest BCUT2D eigenvalue weighted by Crippen LogP contribution is 2.30. The Kier molecular flexibility index (Phi) is 8.44. The van der Waals surface area contributed by atoms with E-state index in [-0.39, 0.29) is 0 Å². The molecule has 8 nitrogen and oxygen atoms in total. The van der Waals surface area contributed by atoms with Crippen LogP contribution in [0, 0.1) is 12.8 Å².